The van der Waals surface area contributed by atoms with Crippen LogP contribution in [0.3, 0.4) is 0 Å². The molecule has 0 aliphatic carbocycles. The summed E-state index contributed by atoms with van der Waals surface area (Å²) in [5.74, 6) is 2.89. The van der Waals surface area contributed by atoms with Gasteiger partial charge in [-0.2, -0.15) is 0 Å². The Balaban J connectivity index is 1.85. The number of para-hydroxylation sites is 2. The molecule has 2 N–H and O–H groups in total. The molecule has 0 saturated heterocycles. The Kier molecular flexibility index (Phi) is 6.89. The van der Waals surface area contributed by atoms with E-state index < -0.39 is 0 Å². The van der Waals surface area contributed by atoms with Gasteiger partial charge in [0.05, 0.1) is 0 Å². The summed E-state index contributed by atoms with van der Waals surface area (Å²) in [6.45, 7) is 2.20. The zero-order chi connectivity index (χ0) is 18.9. The lowest BCUT2D eigenvalue weighted by molar-refractivity contribution is 0.417. The lowest BCUT2D eigenvalue weighted by Crippen LogP contribution is -2.10. The smallest absolute Gasteiger partial charge is 0.170 e. The fraction of sp³-hybridized carbons (Fsp3) is 0.250. The Morgan fingerprint density at radius 3 is 1.93 bits per heavy atom. The van der Waals surface area contributed by atoms with E-state index in [1.807, 2.05) is 78.9 Å². The minimum absolute atomic E-state index is 0.000415. The molecule has 0 saturated carbocycles. The lowest BCUT2D eigenvalue weighted by atomic mass is 10.0. The molecule has 3 aromatic rings. The molecule has 3 rings (SSSR count). The van der Waals surface area contributed by atoms with Crippen molar-refractivity contribution >= 4 is 0 Å². The largest absolute Gasteiger partial charge is 0.453 e. The van der Waals surface area contributed by atoms with Crippen LogP contribution in [-0.2, 0) is 0 Å². The minimum Gasteiger partial charge on any atom is -0.453 e. The Bertz CT molecular complexity index is 818. The summed E-state index contributed by atoms with van der Waals surface area (Å²) in [4.78, 5) is 0. The summed E-state index contributed by atoms with van der Waals surface area (Å²) in [7, 11) is 0. The van der Waals surface area contributed by atoms with Gasteiger partial charge in [-0.1, -0.05) is 68.7 Å². The van der Waals surface area contributed by atoms with Gasteiger partial charge in [0.15, 0.2) is 11.5 Å². The molecule has 140 valence electrons. The first kappa shape index (κ1) is 19.0. The zero-order valence-electron chi connectivity index (χ0n) is 15.8. The maximum Gasteiger partial charge on any atom is 0.170 e. The highest BCUT2D eigenvalue weighted by molar-refractivity contribution is 5.48. The van der Waals surface area contributed by atoms with E-state index in [-0.39, 0.29) is 6.04 Å². The van der Waals surface area contributed by atoms with Crippen molar-refractivity contribution in [1.82, 2.24) is 0 Å². The Morgan fingerprint density at radius 1 is 0.741 bits per heavy atom. The fourth-order valence-corrected chi connectivity index (χ4v) is 2.93. The second-order valence-corrected chi connectivity index (χ2v) is 6.64. The summed E-state index contributed by atoms with van der Waals surface area (Å²) in [5.41, 5.74) is 7.47. The van der Waals surface area contributed by atoms with E-state index in [1.54, 1.807) is 0 Å². The molecule has 0 amide bonds. The lowest BCUT2D eigenvalue weighted by Gasteiger charge is -2.17. The fourth-order valence-electron chi connectivity index (χ4n) is 2.93. The molecule has 0 unspecified atom stereocenters. The monoisotopic (exact) mass is 361 g/mol. The van der Waals surface area contributed by atoms with Crippen LogP contribution in [0.4, 0.5) is 0 Å². The normalized spacial score (nSPS) is 11.8. The highest BCUT2D eigenvalue weighted by Crippen LogP contribution is 2.37. The number of nitrogens with two attached hydrogens (primary N) is 1. The van der Waals surface area contributed by atoms with E-state index in [2.05, 4.69) is 6.92 Å². The number of hydrogen-bond donors (Lipinski definition) is 1. The Hall–Kier alpha value is -2.78. The molecular weight excluding hydrogens is 334 g/mol. The van der Waals surface area contributed by atoms with Crippen molar-refractivity contribution in [3.63, 3.8) is 0 Å². The van der Waals surface area contributed by atoms with Crippen LogP contribution >= 0.6 is 0 Å². The topological polar surface area (TPSA) is 44.5 Å². The van der Waals surface area contributed by atoms with Crippen LogP contribution in [0.25, 0.3) is 0 Å². The number of benzene rings is 3. The van der Waals surface area contributed by atoms with E-state index in [1.165, 1.54) is 12.8 Å². The van der Waals surface area contributed by atoms with Gasteiger partial charge in [-0.25, -0.2) is 0 Å². The van der Waals surface area contributed by atoms with E-state index >= 15 is 0 Å². The number of hydrogen-bond acceptors (Lipinski definition) is 3. The van der Waals surface area contributed by atoms with Crippen molar-refractivity contribution in [2.75, 3.05) is 0 Å². The van der Waals surface area contributed by atoms with Gasteiger partial charge >= 0.3 is 0 Å². The molecule has 0 spiro atoms. The molecule has 0 aliphatic rings. The van der Waals surface area contributed by atoms with E-state index in [0.717, 1.165) is 29.9 Å². The van der Waals surface area contributed by atoms with Gasteiger partial charge in [0.25, 0.3) is 0 Å². The van der Waals surface area contributed by atoms with E-state index in [4.69, 9.17) is 15.2 Å². The predicted molar refractivity (Wildman–Crippen MR) is 111 cm³/mol. The second-order valence-electron chi connectivity index (χ2n) is 6.64. The number of unbranched alkanes of at least 4 members (excludes halogenated alkanes) is 2. The third-order valence-corrected chi connectivity index (χ3v) is 4.46. The van der Waals surface area contributed by atoms with Gasteiger partial charge in [-0.3, -0.25) is 0 Å². The maximum atomic E-state index is 6.40. The first-order chi connectivity index (χ1) is 13.3. The Labute approximate surface area is 161 Å². The molecule has 0 fully saturated rings. The van der Waals surface area contributed by atoms with Gasteiger partial charge in [0, 0.05) is 6.04 Å². The van der Waals surface area contributed by atoms with Crippen molar-refractivity contribution in [3.8, 4) is 23.0 Å². The first-order valence-electron chi connectivity index (χ1n) is 9.61. The van der Waals surface area contributed by atoms with Gasteiger partial charge in [-0.05, 0) is 48.4 Å². The summed E-state index contributed by atoms with van der Waals surface area (Å²) < 4.78 is 12.2. The van der Waals surface area contributed by atoms with Crippen LogP contribution in [0.2, 0.25) is 0 Å². The van der Waals surface area contributed by atoms with Crippen molar-refractivity contribution in [1.29, 1.82) is 0 Å². The maximum absolute atomic E-state index is 6.40. The Morgan fingerprint density at radius 2 is 1.33 bits per heavy atom. The molecule has 3 aromatic carbocycles. The van der Waals surface area contributed by atoms with Crippen molar-refractivity contribution in [3.05, 3.63) is 84.4 Å². The quantitative estimate of drug-likeness (QED) is 0.424. The number of rotatable bonds is 9. The van der Waals surface area contributed by atoms with Crippen LogP contribution < -0.4 is 15.2 Å². The third kappa shape index (κ3) is 5.60. The average Bonchev–Trinajstić information content (AvgIpc) is 2.71. The molecule has 0 aromatic heterocycles. The van der Waals surface area contributed by atoms with Gasteiger partial charge in [0.2, 0.25) is 0 Å². The third-order valence-electron chi connectivity index (χ3n) is 4.46. The highest BCUT2D eigenvalue weighted by Gasteiger charge is 2.13. The molecule has 0 bridgehead atoms. The number of ether oxygens (including phenoxy) is 2. The molecule has 3 nitrogen and oxygen atoms in total. The second kappa shape index (κ2) is 9.79. The first-order valence-corrected chi connectivity index (χ1v) is 9.61. The van der Waals surface area contributed by atoms with Gasteiger partial charge in [-0.15, -0.1) is 0 Å². The van der Waals surface area contributed by atoms with Crippen LogP contribution in [0.5, 0.6) is 23.0 Å². The summed E-state index contributed by atoms with van der Waals surface area (Å²) in [5, 5.41) is 0. The molecular formula is C24H27NO2. The summed E-state index contributed by atoms with van der Waals surface area (Å²) in [6.07, 6.45) is 4.50. The molecule has 0 radical (unpaired) electrons. The van der Waals surface area contributed by atoms with E-state index in [0.29, 0.717) is 11.5 Å². The molecule has 0 heterocycles. The van der Waals surface area contributed by atoms with Crippen molar-refractivity contribution in [2.24, 2.45) is 5.73 Å². The molecule has 1 atom stereocenters. The average molecular weight is 361 g/mol. The van der Waals surface area contributed by atoms with Gasteiger partial charge in [0.1, 0.15) is 11.5 Å². The van der Waals surface area contributed by atoms with E-state index in [9.17, 15) is 0 Å². The zero-order valence-corrected chi connectivity index (χ0v) is 15.8. The van der Waals surface area contributed by atoms with Crippen LogP contribution in [0.15, 0.2) is 78.9 Å². The summed E-state index contributed by atoms with van der Waals surface area (Å²) >= 11 is 0. The predicted octanol–water partition coefficient (Wildman–Crippen LogP) is 6.85. The van der Waals surface area contributed by atoms with Crippen LogP contribution in [0.1, 0.15) is 44.2 Å². The summed E-state index contributed by atoms with van der Waals surface area (Å²) in [6, 6.07) is 25.4. The van der Waals surface area contributed by atoms with Crippen molar-refractivity contribution < 1.29 is 9.47 Å². The van der Waals surface area contributed by atoms with Gasteiger partial charge < -0.3 is 15.2 Å². The molecule has 3 heteroatoms. The SMILES string of the molecule is CCCCC[C@@H](N)c1ccc(Oc2ccccc2)c(Oc2ccccc2)c1. The molecule has 0 aliphatic heterocycles. The highest BCUT2D eigenvalue weighted by atomic mass is 16.5. The van der Waals surface area contributed by atoms with Crippen LogP contribution in [0, 0.1) is 0 Å². The van der Waals surface area contributed by atoms with Crippen LogP contribution in [-0.4, -0.2) is 0 Å². The molecule has 27 heavy (non-hydrogen) atoms. The van der Waals surface area contributed by atoms with Crippen molar-refractivity contribution in [2.45, 2.75) is 38.6 Å². The standard InChI is InChI=1S/C24H27NO2/c1-2-3-6-15-22(25)19-16-17-23(26-20-11-7-4-8-12-20)24(18-19)27-21-13-9-5-10-14-21/h4-5,7-14,16-18,22H,2-3,6,15,25H2,1H3/t22-/m1/s1. The minimum atomic E-state index is 0.000415.